The van der Waals surface area contributed by atoms with Crippen LogP contribution in [0.2, 0.25) is 5.02 Å². The van der Waals surface area contributed by atoms with Gasteiger partial charge in [0.25, 0.3) is 10.6 Å². The molecule has 19 heteroatoms. The first-order valence-corrected chi connectivity index (χ1v) is 15.9. The van der Waals surface area contributed by atoms with E-state index in [9.17, 15) is 23.8 Å². The highest BCUT2D eigenvalue weighted by Crippen LogP contribution is 2.68. The Labute approximate surface area is 248 Å². The molecular weight excluding hydrogens is 632 g/mol. The van der Waals surface area contributed by atoms with Crippen LogP contribution in [0.5, 0.6) is 0 Å². The van der Waals surface area contributed by atoms with Gasteiger partial charge in [0.05, 0.1) is 18.8 Å². The van der Waals surface area contributed by atoms with Crippen molar-refractivity contribution in [1.29, 1.82) is 0 Å². The van der Waals surface area contributed by atoms with Crippen LogP contribution in [0.15, 0.2) is 69.4 Å². The number of aromatic amines is 1. The Morgan fingerprint density at radius 3 is 2.09 bits per heavy atom. The van der Waals surface area contributed by atoms with Gasteiger partial charge in [-0.05, 0) is 41.3 Å². The molecule has 1 saturated heterocycles. The number of aliphatic hydroxyl groups is 2. The first kappa shape index (κ1) is 34.4. The lowest BCUT2D eigenvalue weighted by Gasteiger charge is -2.29. The summed E-state index contributed by atoms with van der Waals surface area (Å²) in [6.07, 6.45) is -0.558. The third-order valence-electron chi connectivity index (χ3n) is 6.55. The van der Waals surface area contributed by atoms with Crippen LogP contribution < -0.4 is 11.2 Å². The van der Waals surface area contributed by atoms with Gasteiger partial charge in [-0.1, -0.05) is 53.1 Å². The zero-order chi connectivity index (χ0) is 32.2. The molecule has 0 radical (unpaired) electrons. The number of ether oxygens (including phenoxy) is 1. The van der Waals surface area contributed by atoms with Gasteiger partial charge in [-0.2, -0.15) is 0 Å². The molecule has 1 aliphatic rings. The Morgan fingerprint density at radius 2 is 1.60 bits per heavy atom. The molecule has 0 bridgehead atoms. The fraction of sp³-hybridized carbons (Fsp3) is 0.333. The predicted octanol–water partition coefficient (Wildman–Crippen LogP) is 2.35. The first-order chi connectivity index (χ1) is 20.0. The number of rotatable bonds is 8. The van der Waals surface area contributed by atoms with Gasteiger partial charge < -0.3 is 34.5 Å². The maximum absolute atomic E-state index is 11.7. The summed E-state index contributed by atoms with van der Waals surface area (Å²) in [5.74, 6) is 0. The molecule has 43 heavy (non-hydrogen) atoms. The van der Waals surface area contributed by atoms with Crippen LogP contribution in [-0.4, -0.2) is 63.2 Å². The molecule has 2 heterocycles. The number of azide groups is 1. The zero-order valence-corrected chi connectivity index (χ0v) is 24.9. The fourth-order valence-corrected chi connectivity index (χ4v) is 6.41. The number of nitrogens with zero attached hydrogens (tertiary/aromatic N) is 4. The van der Waals surface area contributed by atoms with Gasteiger partial charge in [0.15, 0.2) is 0 Å². The van der Waals surface area contributed by atoms with Gasteiger partial charge in [0.1, 0.15) is 6.23 Å². The number of nitrogens with one attached hydrogen (secondary N) is 1. The molecule has 1 aromatic heterocycles. The maximum Gasteiger partial charge on any atom is 0.369 e. The minimum Gasteiger partial charge on any atom is -0.394 e. The van der Waals surface area contributed by atoms with Gasteiger partial charge in [0, 0.05) is 34.5 Å². The van der Waals surface area contributed by atoms with Gasteiger partial charge in [-0.3, -0.25) is 23.5 Å². The van der Waals surface area contributed by atoms with E-state index in [0.29, 0.717) is 10.6 Å². The van der Waals surface area contributed by atoms with Gasteiger partial charge in [-0.15, -0.1) is 0 Å². The number of benzene rings is 2. The van der Waals surface area contributed by atoms with E-state index < -0.39 is 56.3 Å². The van der Waals surface area contributed by atoms with Crippen LogP contribution in [0.4, 0.5) is 0 Å². The highest BCUT2D eigenvalue weighted by Gasteiger charge is 2.59. The summed E-state index contributed by atoms with van der Waals surface area (Å²) in [6, 6.07) is 12.5. The summed E-state index contributed by atoms with van der Waals surface area (Å²) in [6.45, 7) is 1.26. The van der Waals surface area contributed by atoms with Crippen molar-refractivity contribution in [3.8, 4) is 11.1 Å². The van der Waals surface area contributed by atoms with E-state index in [-0.39, 0.29) is 18.6 Å². The molecule has 2 aromatic carbocycles. The molecule has 0 aliphatic carbocycles. The molecule has 232 valence electrons. The summed E-state index contributed by atoms with van der Waals surface area (Å²) in [5, 5.41) is 19.7. The average Bonchev–Trinajstić information content (AvgIpc) is 3.33. The highest BCUT2D eigenvalue weighted by molar-refractivity contribution is 7.72. The average molecular weight is 660 g/mol. The maximum atomic E-state index is 11.7. The van der Waals surface area contributed by atoms with Crippen molar-refractivity contribution in [2.45, 2.75) is 43.2 Å². The van der Waals surface area contributed by atoms with Crippen molar-refractivity contribution in [3.05, 3.63) is 102 Å². The van der Waals surface area contributed by atoms with Crippen molar-refractivity contribution in [3.63, 3.8) is 0 Å². The molecule has 0 saturated carbocycles. The molecule has 0 spiro atoms. The van der Waals surface area contributed by atoms with Crippen LogP contribution in [0.1, 0.15) is 23.8 Å². The van der Waals surface area contributed by atoms with E-state index in [2.05, 4.69) is 15.0 Å². The lowest BCUT2D eigenvalue weighted by Crippen LogP contribution is -2.33. The lowest BCUT2D eigenvalue weighted by atomic mass is 10.0. The number of hydrogen-bond donors (Lipinski definition) is 7. The lowest BCUT2D eigenvalue weighted by molar-refractivity contribution is -0.0271. The Morgan fingerprint density at radius 1 is 1.07 bits per heavy atom. The van der Waals surface area contributed by atoms with Crippen molar-refractivity contribution >= 4 is 26.8 Å². The Kier molecular flexibility index (Phi) is 10.9. The fourth-order valence-electron chi connectivity index (χ4n) is 4.15. The number of H-pyrrole nitrogens is 1. The predicted molar refractivity (Wildman–Crippen MR) is 154 cm³/mol. The normalized spacial score (nSPS) is 18.8. The van der Waals surface area contributed by atoms with E-state index in [0.717, 1.165) is 11.1 Å². The smallest absolute Gasteiger partial charge is 0.369 e. The molecular formula is C24H28ClN5O11P2. The summed E-state index contributed by atoms with van der Waals surface area (Å²) in [7, 11) is -10.9. The monoisotopic (exact) mass is 659 g/mol. The zero-order valence-electron chi connectivity index (χ0n) is 22.3. The minimum atomic E-state index is -5.47. The summed E-state index contributed by atoms with van der Waals surface area (Å²) < 4.78 is 29.4. The van der Waals surface area contributed by atoms with Crippen molar-refractivity contribution in [2.75, 3.05) is 6.61 Å². The second-order valence-electron chi connectivity index (χ2n) is 9.54. The molecule has 0 amide bonds. The largest absolute Gasteiger partial charge is 0.394 e. The van der Waals surface area contributed by atoms with Crippen LogP contribution in [-0.2, 0) is 20.3 Å². The second kappa shape index (κ2) is 13.7. The molecule has 3 aromatic rings. The SMILES string of the molecule is Cc1cn([C@H]2C[C@H](N=[N+]=[N-])[C@@H](CO)O2)c(=O)[nH]c1=O.O=P(O)(O)C(O)(Cc1ccc(-c2ccc(Cl)cc2)cc1)P(=O)(O)O. The van der Waals surface area contributed by atoms with E-state index in [1.807, 2.05) is 0 Å². The van der Waals surface area contributed by atoms with Gasteiger partial charge in [0.2, 0.25) is 0 Å². The molecule has 3 atom stereocenters. The van der Waals surface area contributed by atoms with Crippen LogP contribution >= 0.6 is 26.8 Å². The number of hydrogen-bond acceptors (Lipinski definition) is 8. The van der Waals surface area contributed by atoms with E-state index in [4.69, 9.17) is 46.5 Å². The molecule has 0 unspecified atom stereocenters. The highest BCUT2D eigenvalue weighted by atomic mass is 35.5. The molecule has 4 rings (SSSR count). The molecule has 1 fully saturated rings. The van der Waals surface area contributed by atoms with Crippen molar-refractivity contribution in [2.24, 2.45) is 5.11 Å². The standard InChI is InChI=1S/C14H15ClO7P2.C10H13N5O4/c15-13-7-5-12(6-8-13)11-3-1-10(2-4-11)9-14(16,23(17,18)19)24(20,21)22;1-5-3-15(10(18)12-9(5)17)8-2-6(13-14-11)7(4-16)19-8/h1-8,16H,9H2,(H2,17,18,19)(H2,20,21,22);3,6-8,16H,2,4H2,1H3,(H,12,17,18)/t;6-,7+,8+/m.0/s1. The van der Waals surface area contributed by atoms with Crippen LogP contribution in [0.25, 0.3) is 21.6 Å². The first-order valence-electron chi connectivity index (χ1n) is 12.3. The summed E-state index contributed by atoms with van der Waals surface area (Å²) in [5.41, 5.74) is 9.53. The topological polar surface area (TPSA) is 268 Å². The summed E-state index contributed by atoms with van der Waals surface area (Å²) in [4.78, 5) is 64.4. The molecule has 1 aliphatic heterocycles. The third kappa shape index (κ3) is 8.09. The quantitative estimate of drug-likeness (QED) is 0.0798. The number of aliphatic hydroxyl groups excluding tert-OH is 1. The number of halogens is 1. The third-order valence-corrected chi connectivity index (χ3v) is 10.5. The van der Waals surface area contributed by atoms with E-state index in [1.54, 1.807) is 43.3 Å². The Bertz CT molecular complexity index is 1670. The molecule has 16 nitrogen and oxygen atoms in total. The van der Waals surface area contributed by atoms with Crippen LogP contribution in [0.3, 0.4) is 0 Å². The van der Waals surface area contributed by atoms with Crippen molar-refractivity contribution < 1.29 is 43.7 Å². The van der Waals surface area contributed by atoms with Crippen LogP contribution in [0, 0.1) is 6.92 Å². The van der Waals surface area contributed by atoms with Gasteiger partial charge >= 0.3 is 20.9 Å². The number of aromatic nitrogens is 2. The van der Waals surface area contributed by atoms with Gasteiger partial charge in [-0.25, -0.2) is 4.79 Å². The van der Waals surface area contributed by atoms with E-state index >= 15 is 0 Å². The van der Waals surface area contributed by atoms with E-state index in [1.165, 1.54) is 22.9 Å². The second-order valence-corrected chi connectivity index (χ2v) is 14.0. The Hall–Kier alpha value is -3.10. The van der Waals surface area contributed by atoms with Crippen molar-refractivity contribution in [1.82, 2.24) is 9.55 Å². The Balaban J connectivity index is 0.000000242. The number of aryl methyl sites for hydroxylation is 1. The summed E-state index contributed by atoms with van der Waals surface area (Å²) >= 11 is 5.81. The minimum absolute atomic E-state index is 0.168. The molecule has 7 N–H and O–H groups in total.